The third-order valence-corrected chi connectivity index (χ3v) is 4.62. The van der Waals surface area contributed by atoms with E-state index in [1.165, 1.54) is 0 Å². The Morgan fingerprint density at radius 2 is 2.08 bits per heavy atom. The van der Waals surface area contributed by atoms with Crippen LogP contribution in [0.25, 0.3) is 0 Å². The Kier molecular flexibility index (Phi) is 5.55. The molecule has 0 saturated carbocycles. The van der Waals surface area contributed by atoms with E-state index in [2.05, 4.69) is 20.9 Å². The zero-order valence-electron chi connectivity index (χ0n) is 13.7. The summed E-state index contributed by atoms with van der Waals surface area (Å²) in [6.45, 7) is 1.99. The van der Waals surface area contributed by atoms with Gasteiger partial charge in [0.1, 0.15) is 10.6 Å². The summed E-state index contributed by atoms with van der Waals surface area (Å²) in [6.07, 6.45) is 1.54. The van der Waals surface area contributed by atoms with Gasteiger partial charge in [-0.25, -0.2) is 9.78 Å². The van der Waals surface area contributed by atoms with E-state index in [4.69, 9.17) is 16.0 Å². The van der Waals surface area contributed by atoms with Crippen molar-refractivity contribution in [3.8, 4) is 0 Å². The standard InChI is InChI=1S/C17H15ClN4O3S/c1-10-14(15(23)19-9-13-6-3-7-25-13)26-17(20-10)22-16(24)21-12-5-2-4-11(18)8-12/h2-8H,9H2,1H3,(H,19,23)(H2,20,21,22,24). The highest BCUT2D eigenvalue weighted by molar-refractivity contribution is 7.17. The van der Waals surface area contributed by atoms with E-state index >= 15 is 0 Å². The van der Waals surface area contributed by atoms with Gasteiger partial charge in [0.25, 0.3) is 5.91 Å². The molecule has 7 nitrogen and oxygen atoms in total. The normalized spacial score (nSPS) is 10.4. The third-order valence-electron chi connectivity index (χ3n) is 3.31. The first-order valence-corrected chi connectivity index (χ1v) is 8.82. The fourth-order valence-electron chi connectivity index (χ4n) is 2.15. The molecule has 3 aromatic rings. The number of nitrogens with one attached hydrogen (secondary N) is 3. The number of urea groups is 1. The summed E-state index contributed by atoms with van der Waals surface area (Å²) in [5, 5.41) is 8.85. The molecule has 0 unspecified atom stereocenters. The summed E-state index contributed by atoms with van der Waals surface area (Å²) in [6, 6.07) is 9.83. The first-order valence-electron chi connectivity index (χ1n) is 7.63. The fourth-order valence-corrected chi connectivity index (χ4v) is 3.22. The molecule has 9 heteroatoms. The second kappa shape index (κ2) is 8.03. The van der Waals surface area contributed by atoms with Crippen molar-refractivity contribution in [2.75, 3.05) is 10.6 Å². The number of nitrogens with zero attached hydrogens (tertiary/aromatic N) is 1. The maximum Gasteiger partial charge on any atom is 0.325 e. The van der Waals surface area contributed by atoms with Gasteiger partial charge < -0.3 is 15.1 Å². The number of anilines is 2. The Morgan fingerprint density at radius 1 is 1.23 bits per heavy atom. The minimum absolute atomic E-state index is 0.278. The van der Waals surface area contributed by atoms with E-state index < -0.39 is 6.03 Å². The number of furan rings is 1. The van der Waals surface area contributed by atoms with Gasteiger partial charge in [-0.2, -0.15) is 0 Å². The monoisotopic (exact) mass is 390 g/mol. The molecule has 3 N–H and O–H groups in total. The molecule has 0 aliphatic rings. The average molecular weight is 391 g/mol. The van der Waals surface area contributed by atoms with Crippen LogP contribution in [0.3, 0.4) is 0 Å². The summed E-state index contributed by atoms with van der Waals surface area (Å²) in [5.74, 6) is 0.375. The van der Waals surface area contributed by atoms with E-state index in [-0.39, 0.29) is 12.5 Å². The molecule has 1 aromatic carbocycles. The van der Waals surface area contributed by atoms with Crippen LogP contribution in [0.15, 0.2) is 47.1 Å². The van der Waals surface area contributed by atoms with Gasteiger partial charge in [-0.05, 0) is 37.3 Å². The second-order valence-electron chi connectivity index (χ2n) is 5.29. The fraction of sp³-hybridized carbons (Fsp3) is 0.118. The summed E-state index contributed by atoms with van der Waals surface area (Å²) in [7, 11) is 0. The number of carbonyl (C=O) groups excluding carboxylic acids is 2. The van der Waals surface area contributed by atoms with Crippen molar-refractivity contribution in [2.45, 2.75) is 13.5 Å². The predicted molar refractivity (Wildman–Crippen MR) is 101 cm³/mol. The molecule has 0 saturated heterocycles. The van der Waals surface area contributed by atoms with Gasteiger partial charge in [0.2, 0.25) is 0 Å². The predicted octanol–water partition coefficient (Wildman–Crippen LogP) is 4.27. The quantitative estimate of drug-likeness (QED) is 0.606. The molecule has 0 bridgehead atoms. The van der Waals surface area contributed by atoms with Gasteiger partial charge in [-0.1, -0.05) is 29.0 Å². The van der Waals surface area contributed by atoms with Crippen molar-refractivity contribution in [1.82, 2.24) is 10.3 Å². The molecule has 2 heterocycles. The van der Waals surface area contributed by atoms with Gasteiger partial charge in [-0.3, -0.25) is 10.1 Å². The largest absolute Gasteiger partial charge is 0.467 e. The number of rotatable bonds is 5. The Morgan fingerprint density at radius 3 is 2.81 bits per heavy atom. The molecule has 134 valence electrons. The number of hydrogen-bond acceptors (Lipinski definition) is 5. The van der Waals surface area contributed by atoms with Crippen LogP contribution >= 0.6 is 22.9 Å². The highest BCUT2D eigenvalue weighted by Crippen LogP contribution is 2.23. The Hall–Kier alpha value is -2.84. The molecular weight excluding hydrogens is 376 g/mol. The van der Waals surface area contributed by atoms with E-state index in [1.54, 1.807) is 49.6 Å². The van der Waals surface area contributed by atoms with Gasteiger partial charge >= 0.3 is 6.03 Å². The lowest BCUT2D eigenvalue weighted by molar-refractivity contribution is 0.0951. The maximum atomic E-state index is 12.3. The van der Waals surface area contributed by atoms with Crippen LogP contribution in [0.5, 0.6) is 0 Å². The van der Waals surface area contributed by atoms with Crippen molar-refractivity contribution in [1.29, 1.82) is 0 Å². The van der Waals surface area contributed by atoms with Crippen molar-refractivity contribution in [2.24, 2.45) is 0 Å². The number of benzene rings is 1. The molecular formula is C17H15ClN4O3S. The molecule has 0 aliphatic carbocycles. The lowest BCUT2D eigenvalue weighted by atomic mass is 10.3. The molecule has 3 rings (SSSR count). The molecule has 3 amide bonds. The smallest absolute Gasteiger partial charge is 0.325 e. The number of carbonyl (C=O) groups is 2. The van der Waals surface area contributed by atoms with Crippen molar-refractivity contribution >= 4 is 45.7 Å². The Balaban J connectivity index is 1.60. The zero-order chi connectivity index (χ0) is 18.5. The Labute approximate surface area is 158 Å². The number of halogens is 1. The first kappa shape index (κ1) is 18.0. The molecule has 0 fully saturated rings. The van der Waals surface area contributed by atoms with E-state index in [0.717, 1.165) is 11.3 Å². The molecule has 0 aliphatic heterocycles. The molecule has 0 atom stereocenters. The SMILES string of the molecule is Cc1nc(NC(=O)Nc2cccc(Cl)c2)sc1C(=O)NCc1ccco1. The number of hydrogen-bond donors (Lipinski definition) is 3. The van der Waals surface area contributed by atoms with Crippen LogP contribution in [0.2, 0.25) is 5.02 Å². The highest BCUT2D eigenvalue weighted by Gasteiger charge is 2.17. The zero-order valence-corrected chi connectivity index (χ0v) is 15.3. The summed E-state index contributed by atoms with van der Waals surface area (Å²) in [4.78, 5) is 29.0. The molecule has 0 radical (unpaired) electrons. The summed E-state index contributed by atoms with van der Waals surface area (Å²) in [5.41, 5.74) is 1.09. The van der Waals surface area contributed by atoms with Crippen LogP contribution in [0.4, 0.5) is 15.6 Å². The average Bonchev–Trinajstić information content (AvgIpc) is 3.22. The van der Waals surface area contributed by atoms with Gasteiger partial charge in [0, 0.05) is 10.7 Å². The van der Waals surface area contributed by atoms with Gasteiger partial charge in [-0.15, -0.1) is 0 Å². The van der Waals surface area contributed by atoms with Crippen LogP contribution in [-0.2, 0) is 6.54 Å². The number of aryl methyl sites for hydroxylation is 1. The van der Waals surface area contributed by atoms with Crippen molar-refractivity contribution < 1.29 is 14.0 Å². The lowest BCUT2D eigenvalue weighted by Crippen LogP contribution is -2.22. The third kappa shape index (κ3) is 4.62. The van der Waals surface area contributed by atoms with Crippen LogP contribution < -0.4 is 16.0 Å². The van der Waals surface area contributed by atoms with Gasteiger partial charge in [0.15, 0.2) is 5.13 Å². The highest BCUT2D eigenvalue weighted by atomic mass is 35.5. The first-order chi connectivity index (χ1) is 12.5. The molecule has 0 spiro atoms. The van der Waals surface area contributed by atoms with E-state index in [0.29, 0.717) is 32.2 Å². The minimum Gasteiger partial charge on any atom is -0.467 e. The van der Waals surface area contributed by atoms with Crippen LogP contribution in [0, 0.1) is 6.92 Å². The second-order valence-corrected chi connectivity index (χ2v) is 6.72. The van der Waals surface area contributed by atoms with E-state index in [1.807, 2.05) is 0 Å². The van der Waals surface area contributed by atoms with Crippen molar-refractivity contribution in [3.63, 3.8) is 0 Å². The summed E-state index contributed by atoms with van der Waals surface area (Å²) >= 11 is 6.98. The summed E-state index contributed by atoms with van der Waals surface area (Å²) < 4.78 is 5.17. The lowest BCUT2D eigenvalue weighted by Gasteiger charge is -2.05. The Bertz CT molecular complexity index is 924. The number of aromatic nitrogens is 1. The van der Waals surface area contributed by atoms with Gasteiger partial charge in [0.05, 0.1) is 18.5 Å². The number of amides is 3. The molecule has 2 aromatic heterocycles. The van der Waals surface area contributed by atoms with Crippen LogP contribution in [0.1, 0.15) is 21.1 Å². The van der Waals surface area contributed by atoms with Crippen molar-refractivity contribution in [3.05, 3.63) is 64.0 Å². The number of thiazole rings is 1. The van der Waals surface area contributed by atoms with E-state index in [9.17, 15) is 9.59 Å². The van der Waals surface area contributed by atoms with Crippen LogP contribution in [-0.4, -0.2) is 16.9 Å². The topological polar surface area (TPSA) is 96.3 Å². The minimum atomic E-state index is -0.469. The molecule has 26 heavy (non-hydrogen) atoms. The maximum absolute atomic E-state index is 12.3.